The first kappa shape index (κ1) is 13.9. The predicted octanol–water partition coefficient (Wildman–Crippen LogP) is 0.826. The van der Waals surface area contributed by atoms with Crippen LogP contribution in [-0.2, 0) is 9.59 Å². The molecule has 0 bridgehead atoms. The molecule has 94 valence electrons. The minimum absolute atomic E-state index is 0.163. The van der Waals surface area contributed by atoms with Crippen LogP contribution in [0, 0.1) is 29.6 Å². The first-order valence-electron chi connectivity index (χ1n) is 5.44. The van der Waals surface area contributed by atoms with Gasteiger partial charge in [0.15, 0.2) is 0 Å². The number of carboxylic acids is 1. The van der Waals surface area contributed by atoms with Gasteiger partial charge in [-0.05, 0) is 5.41 Å². The van der Waals surface area contributed by atoms with Crippen LogP contribution in [-0.4, -0.2) is 35.0 Å². The van der Waals surface area contributed by atoms with Gasteiger partial charge in [-0.25, -0.2) is 0 Å². The number of carbonyl (C=O) groups is 2. The van der Waals surface area contributed by atoms with E-state index in [4.69, 9.17) is 11.5 Å². The van der Waals surface area contributed by atoms with Crippen LogP contribution in [0.5, 0.6) is 0 Å². The Hall–Kier alpha value is -1.15. The lowest BCUT2D eigenvalue weighted by atomic mass is 10.1. The van der Waals surface area contributed by atoms with Crippen LogP contribution in [0.25, 0.3) is 0 Å². The zero-order valence-electron chi connectivity index (χ0n) is 10.0. The molecule has 2 N–H and O–H groups in total. The highest BCUT2D eigenvalue weighted by molar-refractivity contribution is 7.99. The van der Waals surface area contributed by atoms with Crippen molar-refractivity contribution < 1.29 is 14.7 Å². The number of carbonyl (C=O) groups excluding carboxylic acids is 1. The molecule has 17 heavy (non-hydrogen) atoms. The second kappa shape index (κ2) is 5.46. The van der Waals surface area contributed by atoms with Crippen LogP contribution in [0.1, 0.15) is 13.8 Å². The average molecular weight is 255 g/mol. The third-order valence-corrected chi connectivity index (χ3v) is 3.97. The van der Waals surface area contributed by atoms with E-state index < -0.39 is 23.2 Å². The third kappa shape index (κ3) is 3.16. The van der Waals surface area contributed by atoms with Gasteiger partial charge in [-0.15, -0.1) is 18.2 Å². The van der Waals surface area contributed by atoms with Gasteiger partial charge in [-0.3, -0.25) is 9.59 Å². The van der Waals surface area contributed by atoms with Crippen LogP contribution in [0.4, 0.5) is 0 Å². The van der Waals surface area contributed by atoms with Gasteiger partial charge in [0.2, 0.25) is 5.91 Å². The van der Waals surface area contributed by atoms with E-state index in [1.54, 1.807) is 11.8 Å². The van der Waals surface area contributed by atoms with Crippen LogP contribution >= 0.6 is 11.8 Å². The van der Waals surface area contributed by atoms with Crippen molar-refractivity contribution in [1.82, 2.24) is 5.32 Å². The standard InChI is InChI=1S/C12H17NO3S/c1-4-6-17-7-5-13-10(14)8-9(11(15)16)12(8,2)3/h1,8-9H,5-7H2,2-3H3,(H,13,14)(H,15,16)/t8-,9+/m1/s1. The summed E-state index contributed by atoms with van der Waals surface area (Å²) >= 11 is 1.57. The second-order valence-electron chi connectivity index (χ2n) is 4.66. The minimum atomic E-state index is -0.892. The SMILES string of the molecule is C#CCSCCNC(=O)[C@H]1[C@@H](C(=O)O)C1(C)C. The van der Waals surface area contributed by atoms with Gasteiger partial charge >= 0.3 is 5.97 Å². The van der Waals surface area contributed by atoms with E-state index in [9.17, 15) is 9.59 Å². The Bertz CT molecular complexity index is 359. The Labute approximate surface area is 106 Å². The zero-order valence-corrected chi connectivity index (χ0v) is 10.8. The van der Waals surface area contributed by atoms with E-state index in [2.05, 4.69) is 11.2 Å². The van der Waals surface area contributed by atoms with Crippen molar-refractivity contribution in [3.63, 3.8) is 0 Å². The summed E-state index contributed by atoms with van der Waals surface area (Å²) in [5.74, 6) is 1.86. The lowest BCUT2D eigenvalue weighted by molar-refractivity contribution is -0.140. The summed E-state index contributed by atoms with van der Waals surface area (Å²) in [4.78, 5) is 22.6. The number of amides is 1. The molecule has 2 atom stereocenters. The lowest BCUT2D eigenvalue weighted by Gasteiger charge is -2.04. The monoisotopic (exact) mass is 255 g/mol. The molecule has 0 aromatic heterocycles. The summed E-state index contributed by atoms with van der Waals surface area (Å²) in [6.07, 6.45) is 5.09. The minimum Gasteiger partial charge on any atom is -0.481 e. The second-order valence-corrected chi connectivity index (χ2v) is 5.77. The number of hydrogen-bond donors (Lipinski definition) is 2. The van der Waals surface area contributed by atoms with Crippen molar-refractivity contribution in [1.29, 1.82) is 0 Å². The van der Waals surface area contributed by atoms with Gasteiger partial charge in [0.1, 0.15) is 0 Å². The van der Waals surface area contributed by atoms with E-state index in [0.29, 0.717) is 12.3 Å². The van der Waals surface area contributed by atoms with Crippen molar-refractivity contribution in [2.24, 2.45) is 17.3 Å². The maximum absolute atomic E-state index is 11.7. The van der Waals surface area contributed by atoms with E-state index >= 15 is 0 Å². The Kier molecular flexibility index (Phi) is 4.47. The fourth-order valence-electron chi connectivity index (χ4n) is 2.08. The first-order valence-corrected chi connectivity index (χ1v) is 6.60. The normalized spacial score (nSPS) is 24.8. The molecule has 5 heteroatoms. The number of rotatable bonds is 6. The molecule has 1 saturated carbocycles. The smallest absolute Gasteiger partial charge is 0.307 e. The van der Waals surface area contributed by atoms with Gasteiger partial charge in [-0.2, -0.15) is 0 Å². The predicted molar refractivity (Wildman–Crippen MR) is 67.6 cm³/mol. The highest BCUT2D eigenvalue weighted by Gasteiger charge is 2.65. The fraction of sp³-hybridized carbons (Fsp3) is 0.667. The molecule has 0 saturated heterocycles. The zero-order chi connectivity index (χ0) is 13.1. The highest BCUT2D eigenvalue weighted by atomic mass is 32.2. The molecule has 1 rings (SSSR count). The number of aliphatic carboxylic acids is 1. The number of hydrogen-bond acceptors (Lipinski definition) is 3. The maximum Gasteiger partial charge on any atom is 0.307 e. The summed E-state index contributed by atoms with van der Waals surface area (Å²) in [6, 6.07) is 0. The van der Waals surface area contributed by atoms with Crippen molar-refractivity contribution >= 4 is 23.6 Å². The molecule has 1 aliphatic rings. The Balaban J connectivity index is 2.31. The van der Waals surface area contributed by atoms with Gasteiger partial charge in [0.25, 0.3) is 0 Å². The number of nitrogens with one attached hydrogen (secondary N) is 1. The van der Waals surface area contributed by atoms with E-state index in [-0.39, 0.29) is 5.91 Å². The summed E-state index contributed by atoms with van der Waals surface area (Å²) in [6.45, 7) is 4.15. The molecule has 1 aliphatic carbocycles. The fourth-order valence-corrected chi connectivity index (χ4v) is 2.58. The van der Waals surface area contributed by atoms with Gasteiger partial charge in [0.05, 0.1) is 17.6 Å². The first-order chi connectivity index (χ1) is 7.92. The third-order valence-electron chi connectivity index (χ3n) is 3.11. The molecule has 0 heterocycles. The van der Waals surface area contributed by atoms with E-state index in [1.807, 2.05) is 13.8 Å². The summed E-state index contributed by atoms with van der Waals surface area (Å²) in [7, 11) is 0. The average Bonchev–Trinajstić information content (AvgIpc) is 2.81. The summed E-state index contributed by atoms with van der Waals surface area (Å²) < 4.78 is 0. The number of carboxylic acid groups (broad SMARTS) is 1. The van der Waals surface area contributed by atoms with E-state index in [1.165, 1.54) is 0 Å². The Morgan fingerprint density at radius 1 is 1.47 bits per heavy atom. The van der Waals surface area contributed by atoms with Crippen LogP contribution in [0.3, 0.4) is 0 Å². The molecular formula is C12H17NO3S. The molecular weight excluding hydrogens is 238 g/mol. The Morgan fingerprint density at radius 3 is 2.59 bits per heavy atom. The van der Waals surface area contributed by atoms with E-state index in [0.717, 1.165) is 5.75 Å². The van der Waals surface area contributed by atoms with Gasteiger partial charge < -0.3 is 10.4 Å². The number of terminal acetylenes is 1. The van der Waals surface area contributed by atoms with Crippen LogP contribution in [0.2, 0.25) is 0 Å². The van der Waals surface area contributed by atoms with Gasteiger partial charge in [-0.1, -0.05) is 19.8 Å². The highest BCUT2D eigenvalue weighted by Crippen LogP contribution is 2.58. The molecule has 0 radical (unpaired) electrons. The van der Waals surface area contributed by atoms with Crippen molar-refractivity contribution in [3.05, 3.63) is 0 Å². The lowest BCUT2D eigenvalue weighted by Crippen LogP contribution is -2.29. The molecule has 0 aromatic carbocycles. The number of thioether (sulfide) groups is 1. The van der Waals surface area contributed by atoms with Crippen molar-refractivity contribution in [2.45, 2.75) is 13.8 Å². The molecule has 4 nitrogen and oxygen atoms in total. The maximum atomic E-state index is 11.7. The molecule has 0 spiro atoms. The van der Waals surface area contributed by atoms with Crippen molar-refractivity contribution in [2.75, 3.05) is 18.1 Å². The topological polar surface area (TPSA) is 66.4 Å². The molecule has 0 aliphatic heterocycles. The Morgan fingerprint density at radius 2 is 2.12 bits per heavy atom. The largest absolute Gasteiger partial charge is 0.481 e. The molecule has 0 unspecified atom stereocenters. The van der Waals surface area contributed by atoms with Crippen molar-refractivity contribution in [3.8, 4) is 12.3 Å². The summed E-state index contributed by atoms with van der Waals surface area (Å²) in [5.41, 5.74) is -0.429. The van der Waals surface area contributed by atoms with Gasteiger partial charge in [0, 0.05) is 12.3 Å². The molecule has 1 fully saturated rings. The van der Waals surface area contributed by atoms with Crippen LogP contribution in [0.15, 0.2) is 0 Å². The van der Waals surface area contributed by atoms with Crippen LogP contribution < -0.4 is 5.32 Å². The summed E-state index contributed by atoms with van der Waals surface area (Å²) in [5, 5.41) is 11.7. The molecule has 1 amide bonds. The molecule has 0 aromatic rings. The quantitative estimate of drug-likeness (QED) is 0.545.